The van der Waals surface area contributed by atoms with Gasteiger partial charge in [0, 0.05) is 17.0 Å². The molecule has 0 aliphatic rings. The van der Waals surface area contributed by atoms with Crippen molar-refractivity contribution in [2.75, 3.05) is 0 Å². The van der Waals surface area contributed by atoms with Gasteiger partial charge in [-0.3, -0.25) is 10.1 Å². The van der Waals surface area contributed by atoms with Gasteiger partial charge in [0.25, 0.3) is 0 Å². The second-order valence-corrected chi connectivity index (χ2v) is 5.63. The molecule has 2 atom stereocenters. The van der Waals surface area contributed by atoms with Crippen LogP contribution in [0.5, 0.6) is 0 Å². The summed E-state index contributed by atoms with van der Waals surface area (Å²) in [5.74, 6) is 0.0899. The first-order valence-corrected chi connectivity index (χ1v) is 7.56. The van der Waals surface area contributed by atoms with Gasteiger partial charge in [0.15, 0.2) is 0 Å². The molecule has 1 unspecified atom stereocenters. The lowest BCUT2D eigenvalue weighted by Gasteiger charge is -2.22. The molecular formula is C14H24N2OS. The lowest BCUT2D eigenvalue weighted by molar-refractivity contribution is -0.123. The molecular weight excluding hydrogens is 244 g/mol. The molecule has 1 aromatic rings. The summed E-state index contributed by atoms with van der Waals surface area (Å²) in [6, 6.07) is 4.47. The molecule has 1 heterocycles. The third-order valence-electron chi connectivity index (χ3n) is 3.20. The first kappa shape index (κ1) is 15.2. The molecule has 3 nitrogen and oxygen atoms in total. The third kappa shape index (κ3) is 4.42. The lowest BCUT2D eigenvalue weighted by atomic mass is 10.1. The highest BCUT2D eigenvalue weighted by Crippen LogP contribution is 2.18. The Morgan fingerprint density at radius 1 is 1.33 bits per heavy atom. The fourth-order valence-electron chi connectivity index (χ4n) is 1.89. The van der Waals surface area contributed by atoms with E-state index in [-0.39, 0.29) is 18.0 Å². The Morgan fingerprint density at radius 3 is 2.50 bits per heavy atom. The van der Waals surface area contributed by atoms with Gasteiger partial charge >= 0.3 is 0 Å². The molecule has 0 aliphatic heterocycles. The number of rotatable bonds is 7. The largest absolute Gasteiger partial charge is 0.352 e. The first-order valence-electron chi connectivity index (χ1n) is 6.68. The van der Waals surface area contributed by atoms with Gasteiger partial charge in [-0.1, -0.05) is 19.9 Å². The van der Waals surface area contributed by atoms with Gasteiger partial charge < -0.3 is 5.32 Å². The molecule has 1 aromatic heterocycles. The van der Waals surface area contributed by atoms with E-state index >= 15 is 0 Å². The van der Waals surface area contributed by atoms with E-state index in [0.29, 0.717) is 6.04 Å². The van der Waals surface area contributed by atoms with E-state index in [1.54, 1.807) is 11.3 Å². The Hall–Kier alpha value is -0.870. The van der Waals surface area contributed by atoms with Gasteiger partial charge in [-0.25, -0.2) is 0 Å². The summed E-state index contributed by atoms with van der Waals surface area (Å²) in [5, 5.41) is 8.46. The molecule has 18 heavy (non-hydrogen) atoms. The molecule has 0 saturated carbocycles. The molecule has 0 spiro atoms. The van der Waals surface area contributed by atoms with Crippen LogP contribution in [0.1, 0.15) is 51.5 Å². The second-order valence-electron chi connectivity index (χ2n) is 4.65. The predicted molar refractivity (Wildman–Crippen MR) is 77.8 cm³/mol. The molecule has 0 saturated heterocycles. The maximum atomic E-state index is 12.0. The van der Waals surface area contributed by atoms with Gasteiger partial charge in [0.1, 0.15) is 0 Å². The molecule has 0 aromatic carbocycles. The highest BCUT2D eigenvalue weighted by atomic mass is 32.1. The van der Waals surface area contributed by atoms with Crippen LogP contribution in [0.2, 0.25) is 0 Å². The summed E-state index contributed by atoms with van der Waals surface area (Å²) in [6.07, 6.45) is 1.96. The Bertz CT molecular complexity index is 347. The summed E-state index contributed by atoms with van der Waals surface area (Å²) >= 11 is 1.71. The number of nitrogens with one attached hydrogen (secondary N) is 2. The smallest absolute Gasteiger partial charge is 0.237 e. The monoisotopic (exact) mass is 268 g/mol. The van der Waals surface area contributed by atoms with Crippen LogP contribution in [0.4, 0.5) is 0 Å². The normalized spacial score (nSPS) is 14.5. The second kappa shape index (κ2) is 7.54. The fourth-order valence-corrected chi connectivity index (χ4v) is 2.63. The minimum absolute atomic E-state index is 0.0899. The first-order chi connectivity index (χ1) is 8.58. The lowest BCUT2D eigenvalue weighted by Crippen LogP contribution is -2.46. The Kier molecular flexibility index (Phi) is 6.36. The Morgan fingerprint density at radius 2 is 2.00 bits per heavy atom. The number of hydrogen-bond donors (Lipinski definition) is 2. The van der Waals surface area contributed by atoms with Crippen molar-refractivity contribution in [1.82, 2.24) is 10.6 Å². The van der Waals surface area contributed by atoms with Crippen LogP contribution < -0.4 is 10.6 Å². The van der Waals surface area contributed by atoms with Crippen LogP contribution in [0.3, 0.4) is 0 Å². The maximum absolute atomic E-state index is 12.0. The van der Waals surface area contributed by atoms with Crippen LogP contribution in [-0.2, 0) is 4.79 Å². The standard InChI is InChI=1S/C14H24N2OS/c1-5-12(6-2)16-14(17)11(4)15-10(3)13-8-7-9-18-13/h7-12,15H,5-6H2,1-4H3,(H,16,17)/t10-,11?/m0/s1. The van der Waals surface area contributed by atoms with Gasteiger partial charge in [-0.15, -0.1) is 11.3 Å². The predicted octanol–water partition coefficient (Wildman–Crippen LogP) is 3.09. The minimum Gasteiger partial charge on any atom is -0.352 e. The molecule has 1 rings (SSSR count). The summed E-state index contributed by atoms with van der Waals surface area (Å²) in [7, 11) is 0. The molecule has 2 N–H and O–H groups in total. The average Bonchev–Trinajstić information content (AvgIpc) is 2.89. The topological polar surface area (TPSA) is 41.1 Å². The van der Waals surface area contributed by atoms with Crippen molar-refractivity contribution in [2.24, 2.45) is 0 Å². The fraction of sp³-hybridized carbons (Fsp3) is 0.643. The summed E-state index contributed by atoms with van der Waals surface area (Å²) in [5.41, 5.74) is 0. The van der Waals surface area contributed by atoms with E-state index in [9.17, 15) is 4.79 Å². The van der Waals surface area contributed by atoms with E-state index in [0.717, 1.165) is 12.8 Å². The molecule has 4 heteroatoms. The average molecular weight is 268 g/mol. The van der Waals surface area contributed by atoms with Crippen molar-refractivity contribution < 1.29 is 4.79 Å². The quantitative estimate of drug-likeness (QED) is 0.798. The molecule has 102 valence electrons. The van der Waals surface area contributed by atoms with Crippen molar-refractivity contribution >= 4 is 17.2 Å². The Labute approximate surface area is 114 Å². The summed E-state index contributed by atoms with van der Waals surface area (Å²) in [4.78, 5) is 13.3. The van der Waals surface area contributed by atoms with E-state index < -0.39 is 0 Å². The van der Waals surface area contributed by atoms with Crippen molar-refractivity contribution in [1.29, 1.82) is 0 Å². The number of hydrogen-bond acceptors (Lipinski definition) is 3. The molecule has 0 fully saturated rings. The zero-order valence-electron chi connectivity index (χ0n) is 11.7. The van der Waals surface area contributed by atoms with E-state index in [4.69, 9.17) is 0 Å². The van der Waals surface area contributed by atoms with Crippen molar-refractivity contribution in [3.05, 3.63) is 22.4 Å². The SMILES string of the molecule is CCC(CC)NC(=O)C(C)N[C@@H](C)c1cccs1. The van der Waals surface area contributed by atoms with Crippen LogP contribution in [0, 0.1) is 0 Å². The van der Waals surface area contributed by atoms with E-state index in [2.05, 4.69) is 42.9 Å². The summed E-state index contributed by atoms with van der Waals surface area (Å²) < 4.78 is 0. The molecule has 0 bridgehead atoms. The number of thiophene rings is 1. The number of carbonyl (C=O) groups is 1. The Balaban J connectivity index is 2.44. The van der Waals surface area contributed by atoms with Crippen LogP contribution in [-0.4, -0.2) is 18.0 Å². The molecule has 0 aliphatic carbocycles. The number of amides is 1. The molecule has 0 radical (unpaired) electrons. The van der Waals surface area contributed by atoms with Gasteiger partial charge in [0.2, 0.25) is 5.91 Å². The zero-order chi connectivity index (χ0) is 13.5. The zero-order valence-corrected chi connectivity index (χ0v) is 12.5. The minimum atomic E-state index is -0.164. The number of carbonyl (C=O) groups excluding carboxylic acids is 1. The van der Waals surface area contributed by atoms with E-state index in [1.165, 1.54) is 4.88 Å². The maximum Gasteiger partial charge on any atom is 0.237 e. The van der Waals surface area contributed by atoms with Crippen molar-refractivity contribution in [3.8, 4) is 0 Å². The van der Waals surface area contributed by atoms with Gasteiger partial charge in [-0.2, -0.15) is 0 Å². The van der Waals surface area contributed by atoms with Crippen LogP contribution >= 0.6 is 11.3 Å². The van der Waals surface area contributed by atoms with Crippen LogP contribution in [0.25, 0.3) is 0 Å². The molecule has 1 amide bonds. The summed E-state index contributed by atoms with van der Waals surface area (Å²) in [6.45, 7) is 8.20. The highest BCUT2D eigenvalue weighted by Gasteiger charge is 2.18. The van der Waals surface area contributed by atoms with Gasteiger partial charge in [-0.05, 0) is 38.1 Å². The van der Waals surface area contributed by atoms with E-state index in [1.807, 2.05) is 13.0 Å². The van der Waals surface area contributed by atoms with Crippen molar-refractivity contribution in [3.63, 3.8) is 0 Å². The highest BCUT2D eigenvalue weighted by molar-refractivity contribution is 7.10. The van der Waals surface area contributed by atoms with Crippen LogP contribution in [0.15, 0.2) is 17.5 Å². The van der Waals surface area contributed by atoms with Gasteiger partial charge in [0.05, 0.1) is 6.04 Å². The third-order valence-corrected chi connectivity index (χ3v) is 4.25. The van der Waals surface area contributed by atoms with Crippen molar-refractivity contribution in [2.45, 2.75) is 58.7 Å².